The molecule has 0 radical (unpaired) electrons. The molecule has 1 fully saturated rings. The Balaban J connectivity index is 2.18. The smallest absolute Gasteiger partial charge is 0.155 e. The summed E-state index contributed by atoms with van der Waals surface area (Å²) in [6, 6.07) is 0. The number of hydrogen-bond donors (Lipinski definition) is 1. The third-order valence-electron chi connectivity index (χ3n) is 3.63. The summed E-state index contributed by atoms with van der Waals surface area (Å²) in [5.41, 5.74) is 9.02. The lowest BCUT2D eigenvalue weighted by Gasteiger charge is -2.24. The van der Waals surface area contributed by atoms with E-state index >= 15 is 0 Å². The van der Waals surface area contributed by atoms with Gasteiger partial charge in [-0.1, -0.05) is 0 Å². The Morgan fingerprint density at radius 1 is 1.39 bits per heavy atom. The number of rotatable bonds is 4. The summed E-state index contributed by atoms with van der Waals surface area (Å²) in [7, 11) is 2.03. The summed E-state index contributed by atoms with van der Waals surface area (Å²) in [5, 5.41) is 8.49. The molecule has 2 heterocycles. The SMILES string of the molecule is Cc1nnc(N(C)CC2CCCO2)c(CN)c1C. The summed E-state index contributed by atoms with van der Waals surface area (Å²) in [4.78, 5) is 2.11. The van der Waals surface area contributed by atoms with Crippen LogP contribution >= 0.6 is 0 Å². The van der Waals surface area contributed by atoms with E-state index in [1.54, 1.807) is 0 Å². The molecule has 0 saturated carbocycles. The molecule has 5 nitrogen and oxygen atoms in total. The molecule has 1 aromatic heterocycles. The van der Waals surface area contributed by atoms with Crippen LogP contribution < -0.4 is 10.6 Å². The molecule has 1 aliphatic heterocycles. The van der Waals surface area contributed by atoms with Gasteiger partial charge in [-0.2, -0.15) is 5.10 Å². The zero-order valence-corrected chi connectivity index (χ0v) is 11.4. The van der Waals surface area contributed by atoms with Crippen LogP contribution in [0.4, 0.5) is 5.82 Å². The molecule has 1 aromatic rings. The van der Waals surface area contributed by atoms with E-state index in [1.165, 1.54) is 0 Å². The van der Waals surface area contributed by atoms with E-state index in [0.29, 0.717) is 12.6 Å². The summed E-state index contributed by atoms with van der Waals surface area (Å²) in [6.07, 6.45) is 2.59. The van der Waals surface area contributed by atoms with Crippen LogP contribution in [0.25, 0.3) is 0 Å². The van der Waals surface area contributed by atoms with Crippen molar-refractivity contribution < 1.29 is 4.74 Å². The molecule has 0 spiro atoms. The van der Waals surface area contributed by atoms with Crippen LogP contribution in [0.5, 0.6) is 0 Å². The van der Waals surface area contributed by atoms with Crippen molar-refractivity contribution in [3.05, 3.63) is 16.8 Å². The molecule has 2 N–H and O–H groups in total. The molecule has 0 aliphatic carbocycles. The first-order chi connectivity index (χ1) is 8.63. The molecule has 0 aromatic carbocycles. The van der Waals surface area contributed by atoms with Gasteiger partial charge >= 0.3 is 0 Å². The highest BCUT2D eigenvalue weighted by Crippen LogP contribution is 2.22. The fourth-order valence-corrected chi connectivity index (χ4v) is 2.38. The quantitative estimate of drug-likeness (QED) is 0.869. The van der Waals surface area contributed by atoms with Gasteiger partial charge in [0.2, 0.25) is 0 Å². The van der Waals surface area contributed by atoms with Gasteiger partial charge in [-0.15, -0.1) is 5.10 Å². The molecule has 100 valence electrons. The lowest BCUT2D eigenvalue weighted by molar-refractivity contribution is 0.116. The molecule has 18 heavy (non-hydrogen) atoms. The topological polar surface area (TPSA) is 64.3 Å². The van der Waals surface area contributed by atoms with Gasteiger partial charge in [0.1, 0.15) is 0 Å². The van der Waals surface area contributed by atoms with Crippen LogP contribution in [0, 0.1) is 13.8 Å². The highest BCUT2D eigenvalue weighted by molar-refractivity contribution is 5.50. The minimum atomic E-state index is 0.309. The Kier molecular flexibility index (Phi) is 4.14. The van der Waals surface area contributed by atoms with Crippen molar-refractivity contribution in [3.63, 3.8) is 0 Å². The number of likely N-dealkylation sites (N-methyl/N-ethyl adjacent to an activating group) is 1. The Bertz CT molecular complexity index is 416. The third-order valence-corrected chi connectivity index (χ3v) is 3.63. The zero-order valence-electron chi connectivity index (χ0n) is 11.4. The van der Waals surface area contributed by atoms with Crippen LogP contribution in [-0.4, -0.2) is 36.5 Å². The van der Waals surface area contributed by atoms with Gasteiger partial charge in [0.15, 0.2) is 5.82 Å². The number of hydrogen-bond acceptors (Lipinski definition) is 5. The average Bonchev–Trinajstić information content (AvgIpc) is 2.85. The highest BCUT2D eigenvalue weighted by atomic mass is 16.5. The second-order valence-corrected chi connectivity index (χ2v) is 4.93. The van der Waals surface area contributed by atoms with Crippen LogP contribution in [0.15, 0.2) is 0 Å². The Labute approximate surface area is 108 Å². The predicted octanol–water partition coefficient (Wildman–Crippen LogP) is 1.17. The van der Waals surface area contributed by atoms with Crippen molar-refractivity contribution in [2.75, 3.05) is 25.1 Å². The maximum atomic E-state index is 5.84. The second-order valence-electron chi connectivity index (χ2n) is 4.93. The van der Waals surface area contributed by atoms with Crippen molar-refractivity contribution in [1.82, 2.24) is 10.2 Å². The molecule has 1 aliphatic rings. The van der Waals surface area contributed by atoms with Crippen molar-refractivity contribution >= 4 is 5.82 Å². The van der Waals surface area contributed by atoms with E-state index in [9.17, 15) is 0 Å². The van der Waals surface area contributed by atoms with Gasteiger partial charge in [0.05, 0.1) is 11.8 Å². The lowest BCUT2D eigenvalue weighted by Crippen LogP contribution is -2.31. The van der Waals surface area contributed by atoms with Crippen molar-refractivity contribution in [1.29, 1.82) is 0 Å². The minimum Gasteiger partial charge on any atom is -0.376 e. The van der Waals surface area contributed by atoms with Crippen molar-refractivity contribution in [2.24, 2.45) is 5.73 Å². The Morgan fingerprint density at radius 3 is 2.78 bits per heavy atom. The molecule has 1 atom stereocenters. The van der Waals surface area contributed by atoms with Gasteiger partial charge in [0, 0.05) is 32.3 Å². The van der Waals surface area contributed by atoms with E-state index in [2.05, 4.69) is 22.0 Å². The summed E-state index contributed by atoms with van der Waals surface area (Å²) < 4.78 is 5.65. The fourth-order valence-electron chi connectivity index (χ4n) is 2.38. The zero-order chi connectivity index (χ0) is 13.1. The summed E-state index contributed by atoms with van der Waals surface area (Å²) >= 11 is 0. The monoisotopic (exact) mass is 250 g/mol. The van der Waals surface area contributed by atoms with Crippen LogP contribution in [0.3, 0.4) is 0 Å². The first kappa shape index (κ1) is 13.2. The largest absolute Gasteiger partial charge is 0.376 e. The molecular formula is C13H22N4O. The van der Waals surface area contributed by atoms with E-state index in [0.717, 1.165) is 48.6 Å². The van der Waals surface area contributed by atoms with Crippen molar-refractivity contribution in [2.45, 2.75) is 39.3 Å². The van der Waals surface area contributed by atoms with E-state index in [1.807, 2.05) is 14.0 Å². The number of aromatic nitrogens is 2. The number of anilines is 1. The molecule has 1 unspecified atom stereocenters. The van der Waals surface area contributed by atoms with Gasteiger partial charge in [-0.05, 0) is 32.3 Å². The second kappa shape index (κ2) is 5.63. The summed E-state index contributed by atoms with van der Waals surface area (Å²) in [6.45, 7) is 6.24. The first-order valence-corrected chi connectivity index (χ1v) is 6.49. The highest BCUT2D eigenvalue weighted by Gasteiger charge is 2.20. The van der Waals surface area contributed by atoms with Gasteiger partial charge < -0.3 is 15.4 Å². The van der Waals surface area contributed by atoms with E-state index < -0.39 is 0 Å². The molecular weight excluding hydrogens is 228 g/mol. The predicted molar refractivity (Wildman–Crippen MR) is 71.6 cm³/mol. The normalized spacial score (nSPS) is 19.2. The van der Waals surface area contributed by atoms with Crippen LogP contribution in [-0.2, 0) is 11.3 Å². The van der Waals surface area contributed by atoms with Crippen molar-refractivity contribution in [3.8, 4) is 0 Å². The number of ether oxygens (including phenoxy) is 1. The molecule has 2 rings (SSSR count). The van der Waals surface area contributed by atoms with Gasteiger partial charge in [-0.25, -0.2) is 0 Å². The van der Waals surface area contributed by atoms with Gasteiger partial charge in [0.25, 0.3) is 0 Å². The number of nitrogens with zero attached hydrogens (tertiary/aromatic N) is 3. The molecule has 5 heteroatoms. The third kappa shape index (κ3) is 2.62. The van der Waals surface area contributed by atoms with E-state index in [-0.39, 0.29) is 0 Å². The van der Waals surface area contributed by atoms with E-state index in [4.69, 9.17) is 10.5 Å². The standard InChI is InChI=1S/C13H22N4O/c1-9-10(2)15-16-13(12(9)7-14)17(3)8-11-5-4-6-18-11/h11H,4-8,14H2,1-3H3. The Morgan fingerprint density at radius 2 is 2.17 bits per heavy atom. The minimum absolute atomic E-state index is 0.309. The number of aryl methyl sites for hydroxylation is 1. The molecule has 1 saturated heterocycles. The molecule has 0 bridgehead atoms. The average molecular weight is 250 g/mol. The fraction of sp³-hybridized carbons (Fsp3) is 0.692. The Hall–Kier alpha value is -1.20. The maximum absolute atomic E-state index is 5.84. The van der Waals surface area contributed by atoms with Gasteiger partial charge in [-0.3, -0.25) is 0 Å². The maximum Gasteiger partial charge on any atom is 0.155 e. The van der Waals surface area contributed by atoms with Crippen LogP contribution in [0.2, 0.25) is 0 Å². The van der Waals surface area contributed by atoms with Crippen LogP contribution in [0.1, 0.15) is 29.7 Å². The lowest BCUT2D eigenvalue weighted by atomic mass is 10.1. The molecule has 0 amide bonds. The first-order valence-electron chi connectivity index (χ1n) is 6.49. The summed E-state index contributed by atoms with van der Waals surface area (Å²) in [5.74, 6) is 0.885. The number of nitrogens with two attached hydrogens (primary N) is 1.